The van der Waals surface area contributed by atoms with Crippen molar-refractivity contribution in [1.82, 2.24) is 0 Å². The highest BCUT2D eigenvalue weighted by atomic mass is 16.6. The zero-order chi connectivity index (χ0) is 17.4. The average molecular weight is 328 g/mol. The van der Waals surface area contributed by atoms with Gasteiger partial charge in [0.05, 0.1) is 7.11 Å². The molecule has 3 rings (SSSR count). The average Bonchev–Trinajstić information content (AvgIpc) is 2.86. The Balaban J connectivity index is 2.07. The van der Waals surface area contributed by atoms with Gasteiger partial charge in [0.1, 0.15) is 23.2 Å². The van der Waals surface area contributed by atoms with E-state index in [1.807, 2.05) is 13.0 Å². The van der Waals surface area contributed by atoms with E-state index in [1.54, 1.807) is 12.1 Å². The van der Waals surface area contributed by atoms with E-state index in [9.17, 15) is 19.8 Å². The van der Waals surface area contributed by atoms with Gasteiger partial charge in [-0.15, -0.1) is 0 Å². The summed E-state index contributed by atoms with van der Waals surface area (Å²) in [7, 11) is 1.50. The lowest BCUT2D eigenvalue weighted by Crippen LogP contribution is -2.32. The molecule has 0 aliphatic heterocycles. The quantitative estimate of drug-likeness (QED) is 0.836. The Morgan fingerprint density at radius 3 is 2.58 bits per heavy atom. The van der Waals surface area contributed by atoms with Crippen LogP contribution < -0.4 is 4.74 Å². The summed E-state index contributed by atoms with van der Waals surface area (Å²) in [5, 5.41) is 21.0. The number of carbonyl (C=O) groups is 2. The monoisotopic (exact) mass is 328 g/mol. The van der Waals surface area contributed by atoms with Crippen LogP contribution >= 0.6 is 0 Å². The third-order valence-corrected chi connectivity index (χ3v) is 4.02. The Hall–Kier alpha value is -2.86. The molecule has 24 heavy (non-hydrogen) atoms. The molecule has 0 saturated heterocycles. The SMILES string of the molecule is COc1cc(C)c2ccc(O)c(C(=O)O[C@@H]3C(=O)C=C[C@H]3O)c2c1. The lowest BCUT2D eigenvalue weighted by atomic mass is 9.99. The molecule has 6 heteroatoms. The topological polar surface area (TPSA) is 93.1 Å². The lowest BCUT2D eigenvalue weighted by Gasteiger charge is -2.16. The van der Waals surface area contributed by atoms with Gasteiger partial charge in [-0.25, -0.2) is 4.79 Å². The smallest absolute Gasteiger partial charge is 0.343 e. The van der Waals surface area contributed by atoms with Gasteiger partial charge < -0.3 is 19.7 Å². The van der Waals surface area contributed by atoms with Crippen LogP contribution in [0.1, 0.15) is 15.9 Å². The molecule has 0 heterocycles. The first-order valence-corrected chi connectivity index (χ1v) is 7.33. The highest BCUT2D eigenvalue weighted by molar-refractivity contribution is 6.09. The number of ether oxygens (including phenoxy) is 2. The largest absolute Gasteiger partial charge is 0.507 e. The number of ketones is 1. The van der Waals surface area contributed by atoms with Gasteiger partial charge in [-0.2, -0.15) is 0 Å². The fraction of sp³-hybridized carbons (Fsp3) is 0.222. The van der Waals surface area contributed by atoms with E-state index < -0.39 is 24.0 Å². The van der Waals surface area contributed by atoms with Crippen LogP contribution in [0.3, 0.4) is 0 Å². The van der Waals surface area contributed by atoms with E-state index in [0.717, 1.165) is 10.9 Å². The minimum absolute atomic E-state index is 0.0681. The van der Waals surface area contributed by atoms with Crippen molar-refractivity contribution < 1.29 is 29.3 Å². The summed E-state index contributed by atoms with van der Waals surface area (Å²) >= 11 is 0. The molecule has 6 nitrogen and oxygen atoms in total. The summed E-state index contributed by atoms with van der Waals surface area (Å²) < 4.78 is 10.3. The Morgan fingerprint density at radius 2 is 1.96 bits per heavy atom. The van der Waals surface area contributed by atoms with Gasteiger partial charge >= 0.3 is 5.97 Å². The Labute approximate surface area is 137 Å². The van der Waals surface area contributed by atoms with Crippen molar-refractivity contribution in [1.29, 1.82) is 0 Å². The van der Waals surface area contributed by atoms with Crippen molar-refractivity contribution in [2.45, 2.75) is 19.1 Å². The predicted octanol–water partition coefficient (Wildman–Crippen LogP) is 1.89. The number of aliphatic hydroxyl groups excluding tert-OH is 1. The van der Waals surface area contributed by atoms with Crippen molar-refractivity contribution >= 4 is 22.5 Å². The first-order valence-electron chi connectivity index (χ1n) is 7.33. The van der Waals surface area contributed by atoms with Crippen molar-refractivity contribution in [3.05, 3.63) is 47.5 Å². The fourth-order valence-electron chi connectivity index (χ4n) is 2.77. The predicted molar refractivity (Wildman–Crippen MR) is 86.3 cm³/mol. The number of esters is 1. The van der Waals surface area contributed by atoms with Gasteiger partial charge in [0, 0.05) is 5.39 Å². The second-order valence-electron chi connectivity index (χ2n) is 5.58. The minimum Gasteiger partial charge on any atom is -0.507 e. The zero-order valence-corrected chi connectivity index (χ0v) is 13.1. The van der Waals surface area contributed by atoms with Crippen molar-refractivity contribution in [3.63, 3.8) is 0 Å². The number of aryl methyl sites for hydroxylation is 1. The van der Waals surface area contributed by atoms with E-state index in [2.05, 4.69) is 0 Å². The molecule has 124 valence electrons. The van der Waals surface area contributed by atoms with E-state index in [1.165, 1.54) is 25.3 Å². The molecule has 2 aromatic carbocycles. The number of benzene rings is 2. The van der Waals surface area contributed by atoms with Crippen molar-refractivity contribution in [2.24, 2.45) is 0 Å². The molecule has 0 aromatic heterocycles. The van der Waals surface area contributed by atoms with Gasteiger partial charge in [-0.1, -0.05) is 6.07 Å². The maximum atomic E-state index is 12.5. The van der Waals surface area contributed by atoms with Crippen LogP contribution in [-0.4, -0.2) is 41.3 Å². The van der Waals surface area contributed by atoms with Crippen LogP contribution in [0.4, 0.5) is 0 Å². The molecule has 1 aliphatic rings. The van der Waals surface area contributed by atoms with E-state index in [0.29, 0.717) is 11.1 Å². The Bertz CT molecular complexity index is 867. The first-order chi connectivity index (χ1) is 11.4. The lowest BCUT2D eigenvalue weighted by molar-refractivity contribution is -0.125. The summed E-state index contributed by atoms with van der Waals surface area (Å²) in [5.41, 5.74) is 0.790. The highest BCUT2D eigenvalue weighted by Gasteiger charge is 2.33. The zero-order valence-electron chi connectivity index (χ0n) is 13.1. The van der Waals surface area contributed by atoms with E-state index in [4.69, 9.17) is 9.47 Å². The molecule has 0 unspecified atom stereocenters. The van der Waals surface area contributed by atoms with Gasteiger partial charge in [0.15, 0.2) is 11.9 Å². The van der Waals surface area contributed by atoms with Crippen LogP contribution in [0.15, 0.2) is 36.4 Å². The van der Waals surface area contributed by atoms with E-state index in [-0.39, 0.29) is 11.3 Å². The summed E-state index contributed by atoms with van der Waals surface area (Å²) in [5.74, 6) is -1.12. The van der Waals surface area contributed by atoms with Crippen LogP contribution in [0.25, 0.3) is 10.8 Å². The summed E-state index contributed by atoms with van der Waals surface area (Å²) in [6, 6.07) is 6.50. The number of methoxy groups -OCH3 is 1. The number of hydrogen-bond donors (Lipinski definition) is 2. The fourth-order valence-corrected chi connectivity index (χ4v) is 2.77. The van der Waals surface area contributed by atoms with E-state index >= 15 is 0 Å². The molecular weight excluding hydrogens is 312 g/mol. The van der Waals surface area contributed by atoms with Gasteiger partial charge in [0.25, 0.3) is 0 Å². The third-order valence-electron chi connectivity index (χ3n) is 4.02. The van der Waals surface area contributed by atoms with Crippen LogP contribution in [0.2, 0.25) is 0 Å². The molecule has 2 atom stereocenters. The van der Waals surface area contributed by atoms with Crippen molar-refractivity contribution in [2.75, 3.05) is 7.11 Å². The number of rotatable bonds is 3. The Kier molecular flexibility index (Phi) is 3.99. The molecule has 0 amide bonds. The maximum Gasteiger partial charge on any atom is 0.343 e. The van der Waals surface area contributed by atoms with Crippen LogP contribution in [0, 0.1) is 6.92 Å². The van der Waals surface area contributed by atoms with Gasteiger partial charge in [0.2, 0.25) is 0 Å². The van der Waals surface area contributed by atoms with Gasteiger partial charge in [-0.3, -0.25) is 4.79 Å². The number of carbonyl (C=O) groups excluding carboxylic acids is 2. The highest BCUT2D eigenvalue weighted by Crippen LogP contribution is 2.33. The molecule has 1 aliphatic carbocycles. The maximum absolute atomic E-state index is 12.5. The third kappa shape index (κ3) is 2.61. The Morgan fingerprint density at radius 1 is 1.21 bits per heavy atom. The second kappa shape index (κ2) is 5.98. The summed E-state index contributed by atoms with van der Waals surface area (Å²) in [6.45, 7) is 1.85. The number of aliphatic hydroxyl groups is 1. The van der Waals surface area contributed by atoms with Gasteiger partial charge in [-0.05, 0) is 48.2 Å². The minimum atomic E-state index is -1.29. The molecule has 0 radical (unpaired) electrons. The molecule has 0 spiro atoms. The number of fused-ring (bicyclic) bond motifs is 1. The first kappa shape index (κ1) is 16.0. The van der Waals surface area contributed by atoms with Crippen LogP contribution in [0.5, 0.6) is 11.5 Å². The summed E-state index contributed by atoms with van der Waals surface area (Å²) in [6.07, 6.45) is -0.0523. The molecule has 2 aromatic rings. The number of aromatic hydroxyl groups is 1. The molecule has 0 saturated carbocycles. The van der Waals surface area contributed by atoms with Crippen molar-refractivity contribution in [3.8, 4) is 11.5 Å². The number of hydrogen-bond acceptors (Lipinski definition) is 6. The number of phenols is 1. The molecule has 0 bridgehead atoms. The summed E-state index contributed by atoms with van der Waals surface area (Å²) in [4.78, 5) is 24.2. The normalized spacial score (nSPS) is 19.7. The molecule has 2 N–H and O–H groups in total. The molecule has 0 fully saturated rings. The molecular formula is C18H16O6. The van der Waals surface area contributed by atoms with Crippen LogP contribution in [-0.2, 0) is 9.53 Å². The number of phenolic OH excluding ortho intramolecular Hbond substituents is 1. The standard InChI is InChI=1S/C18H16O6/c1-9-7-10(23-2)8-12-11(9)3-4-13(19)16(12)18(22)24-17-14(20)5-6-15(17)21/h3-8,14,17,19-20H,1-2H3/t14-,17+/m1/s1. The second-order valence-corrected chi connectivity index (χ2v) is 5.58.